The maximum Gasteiger partial charge on any atom is 0.0591 e. The minimum atomic E-state index is 0.787. The van der Waals surface area contributed by atoms with Crippen LogP contribution >= 0.6 is 11.3 Å². The zero-order valence-electron chi connectivity index (χ0n) is 9.08. The van der Waals surface area contributed by atoms with Gasteiger partial charge in [0.1, 0.15) is 0 Å². The molecule has 0 amide bonds. The predicted molar refractivity (Wildman–Crippen MR) is 66.5 cm³/mol. The maximum atomic E-state index is 5.38. The summed E-state index contributed by atoms with van der Waals surface area (Å²) < 4.78 is 5.38. The summed E-state index contributed by atoms with van der Waals surface area (Å²) in [6, 6.07) is 2.17. The first-order valence-corrected chi connectivity index (χ1v) is 6.28. The summed E-state index contributed by atoms with van der Waals surface area (Å²) >= 11 is 1.76. The summed E-state index contributed by atoms with van der Waals surface area (Å²) in [7, 11) is 0. The molecule has 0 aliphatic heterocycles. The predicted octanol–water partition coefficient (Wildman–Crippen LogP) is 2.47. The summed E-state index contributed by atoms with van der Waals surface area (Å²) in [5.74, 6) is 0. The Bertz CT molecular complexity index is 246. The van der Waals surface area contributed by atoms with E-state index in [0.29, 0.717) is 0 Å². The van der Waals surface area contributed by atoms with Gasteiger partial charge in [0.25, 0.3) is 0 Å². The molecule has 0 spiro atoms. The molecular weight excluding hydrogens is 206 g/mol. The third-order valence-corrected chi connectivity index (χ3v) is 2.79. The summed E-state index contributed by atoms with van der Waals surface area (Å²) in [4.78, 5) is 0. The van der Waals surface area contributed by atoms with Gasteiger partial charge in [0.05, 0.1) is 13.2 Å². The van der Waals surface area contributed by atoms with Crippen molar-refractivity contribution in [1.29, 1.82) is 0 Å². The molecule has 0 aliphatic rings. The Hall–Kier alpha value is -0.640. The molecule has 3 heteroatoms. The van der Waals surface area contributed by atoms with Gasteiger partial charge in [-0.15, -0.1) is 6.58 Å². The average molecular weight is 225 g/mol. The van der Waals surface area contributed by atoms with E-state index in [0.717, 1.165) is 39.1 Å². The minimum absolute atomic E-state index is 0.787. The molecule has 0 aliphatic carbocycles. The van der Waals surface area contributed by atoms with Crippen molar-refractivity contribution in [1.82, 2.24) is 5.32 Å². The molecule has 0 radical (unpaired) electrons. The van der Waals surface area contributed by atoms with Crippen molar-refractivity contribution < 1.29 is 4.74 Å². The number of hydrogen-bond donors (Lipinski definition) is 1. The van der Waals surface area contributed by atoms with Crippen molar-refractivity contribution >= 4 is 11.3 Å². The third kappa shape index (κ3) is 6.44. The zero-order chi connectivity index (χ0) is 10.8. The Morgan fingerprint density at radius 3 is 3.07 bits per heavy atom. The van der Waals surface area contributed by atoms with Crippen LogP contribution in [0.5, 0.6) is 0 Å². The van der Waals surface area contributed by atoms with Gasteiger partial charge in [-0.3, -0.25) is 0 Å². The lowest BCUT2D eigenvalue weighted by Crippen LogP contribution is -2.22. The maximum absolute atomic E-state index is 5.38. The van der Waals surface area contributed by atoms with E-state index in [9.17, 15) is 0 Å². The highest BCUT2D eigenvalue weighted by Crippen LogP contribution is 2.05. The Balaban J connectivity index is 1.83. The summed E-state index contributed by atoms with van der Waals surface area (Å²) in [5, 5.41) is 7.67. The number of hydrogen-bond acceptors (Lipinski definition) is 3. The average Bonchev–Trinajstić information content (AvgIpc) is 2.75. The Morgan fingerprint density at radius 2 is 2.33 bits per heavy atom. The fraction of sp³-hybridized carbons (Fsp3) is 0.500. The van der Waals surface area contributed by atoms with E-state index >= 15 is 0 Å². The molecule has 0 saturated carbocycles. The normalized spacial score (nSPS) is 10.4. The van der Waals surface area contributed by atoms with E-state index in [1.165, 1.54) is 5.56 Å². The number of thiophene rings is 1. The molecule has 0 bridgehead atoms. The lowest BCUT2D eigenvalue weighted by Gasteiger charge is -2.04. The highest BCUT2D eigenvalue weighted by Gasteiger charge is 1.92. The van der Waals surface area contributed by atoms with Gasteiger partial charge >= 0.3 is 0 Å². The molecule has 0 aromatic carbocycles. The van der Waals surface area contributed by atoms with E-state index in [-0.39, 0.29) is 0 Å². The highest BCUT2D eigenvalue weighted by molar-refractivity contribution is 7.07. The Morgan fingerprint density at radius 1 is 1.40 bits per heavy atom. The van der Waals surface area contributed by atoms with Crippen LogP contribution in [0.15, 0.2) is 29.5 Å². The van der Waals surface area contributed by atoms with E-state index in [1.54, 1.807) is 11.3 Å². The standard InChI is InChI=1S/C12H19NOS/c1-2-3-8-14-9-7-13-6-4-12-5-10-15-11-12/h2,5,10-11,13H,1,3-4,6-9H2. The lowest BCUT2D eigenvalue weighted by atomic mass is 10.2. The summed E-state index contributed by atoms with van der Waals surface area (Å²) in [6.07, 6.45) is 3.93. The second-order valence-corrected chi connectivity index (χ2v) is 4.10. The minimum Gasteiger partial charge on any atom is -0.380 e. The molecule has 1 aromatic heterocycles. The largest absolute Gasteiger partial charge is 0.380 e. The van der Waals surface area contributed by atoms with Crippen LogP contribution in [0, 0.1) is 0 Å². The second kappa shape index (κ2) is 8.65. The van der Waals surface area contributed by atoms with Crippen molar-refractivity contribution in [3.8, 4) is 0 Å². The highest BCUT2D eigenvalue weighted by atomic mass is 32.1. The van der Waals surface area contributed by atoms with Gasteiger partial charge in [-0.25, -0.2) is 0 Å². The molecule has 84 valence electrons. The molecule has 1 rings (SSSR count). The van der Waals surface area contributed by atoms with Crippen LogP contribution in [0.25, 0.3) is 0 Å². The van der Waals surface area contributed by atoms with Crippen LogP contribution in [0.1, 0.15) is 12.0 Å². The van der Waals surface area contributed by atoms with Gasteiger partial charge in [-0.05, 0) is 41.8 Å². The fourth-order valence-corrected chi connectivity index (χ4v) is 1.91. The topological polar surface area (TPSA) is 21.3 Å². The van der Waals surface area contributed by atoms with Crippen molar-refractivity contribution in [3.05, 3.63) is 35.0 Å². The van der Waals surface area contributed by atoms with Crippen molar-refractivity contribution in [3.63, 3.8) is 0 Å². The van der Waals surface area contributed by atoms with E-state index in [4.69, 9.17) is 4.74 Å². The third-order valence-electron chi connectivity index (χ3n) is 2.06. The monoisotopic (exact) mass is 225 g/mol. The van der Waals surface area contributed by atoms with Gasteiger partial charge in [0.15, 0.2) is 0 Å². The van der Waals surface area contributed by atoms with Crippen LogP contribution < -0.4 is 5.32 Å². The molecule has 1 aromatic rings. The van der Waals surface area contributed by atoms with Crippen molar-refractivity contribution in [2.75, 3.05) is 26.3 Å². The van der Waals surface area contributed by atoms with Gasteiger partial charge < -0.3 is 10.1 Å². The molecule has 0 unspecified atom stereocenters. The van der Waals surface area contributed by atoms with E-state index < -0.39 is 0 Å². The summed E-state index contributed by atoms with van der Waals surface area (Å²) in [6.45, 7) is 7.18. The molecular formula is C12H19NOS. The molecule has 15 heavy (non-hydrogen) atoms. The zero-order valence-corrected chi connectivity index (χ0v) is 9.89. The van der Waals surface area contributed by atoms with E-state index in [2.05, 4.69) is 28.7 Å². The molecule has 0 atom stereocenters. The molecule has 0 fully saturated rings. The second-order valence-electron chi connectivity index (χ2n) is 3.32. The Kier molecular flexibility index (Phi) is 7.17. The van der Waals surface area contributed by atoms with E-state index in [1.807, 2.05) is 6.08 Å². The van der Waals surface area contributed by atoms with Gasteiger partial charge in [0, 0.05) is 6.54 Å². The van der Waals surface area contributed by atoms with Crippen LogP contribution in [0.3, 0.4) is 0 Å². The SMILES string of the molecule is C=CCCOCCNCCc1ccsc1. The number of rotatable bonds is 9. The van der Waals surface area contributed by atoms with Crippen molar-refractivity contribution in [2.45, 2.75) is 12.8 Å². The number of ether oxygens (including phenoxy) is 1. The van der Waals surface area contributed by atoms with Crippen molar-refractivity contribution in [2.24, 2.45) is 0 Å². The Labute approximate surface area is 96.0 Å². The smallest absolute Gasteiger partial charge is 0.0591 e. The van der Waals surface area contributed by atoms with Crippen LogP contribution in [-0.4, -0.2) is 26.3 Å². The van der Waals surface area contributed by atoms with Gasteiger partial charge in [-0.1, -0.05) is 6.08 Å². The molecule has 0 saturated heterocycles. The molecule has 2 nitrogen and oxygen atoms in total. The first-order chi connectivity index (χ1) is 7.43. The first kappa shape index (κ1) is 12.4. The summed E-state index contributed by atoms with van der Waals surface area (Å²) in [5.41, 5.74) is 1.42. The quantitative estimate of drug-likeness (QED) is 0.515. The fourth-order valence-electron chi connectivity index (χ4n) is 1.21. The molecule has 1 N–H and O–H groups in total. The first-order valence-electron chi connectivity index (χ1n) is 5.34. The lowest BCUT2D eigenvalue weighted by molar-refractivity contribution is 0.140. The van der Waals surface area contributed by atoms with Gasteiger partial charge in [0.2, 0.25) is 0 Å². The number of nitrogens with one attached hydrogen (secondary N) is 1. The van der Waals surface area contributed by atoms with Crippen LogP contribution in [0.4, 0.5) is 0 Å². The van der Waals surface area contributed by atoms with Crippen LogP contribution in [0.2, 0.25) is 0 Å². The van der Waals surface area contributed by atoms with Gasteiger partial charge in [-0.2, -0.15) is 11.3 Å². The van der Waals surface area contributed by atoms with Crippen LogP contribution in [-0.2, 0) is 11.2 Å². The molecule has 1 heterocycles.